The zero-order chi connectivity index (χ0) is 21.8. The van der Waals surface area contributed by atoms with E-state index in [4.69, 9.17) is 27.9 Å². The number of halogens is 2. The van der Waals surface area contributed by atoms with Crippen LogP contribution >= 0.6 is 34.5 Å². The summed E-state index contributed by atoms with van der Waals surface area (Å²) < 4.78 is 5.15. The van der Waals surface area contributed by atoms with Gasteiger partial charge in [0.2, 0.25) is 0 Å². The number of rotatable bonds is 6. The zero-order valence-corrected chi connectivity index (χ0v) is 17.8. The number of nitro groups is 1. The lowest BCUT2D eigenvalue weighted by molar-refractivity contribution is -0.384. The number of nitrogens with one attached hydrogen (secondary N) is 1. The minimum absolute atomic E-state index is 0.0465. The van der Waals surface area contributed by atoms with Crippen molar-refractivity contribution < 1.29 is 19.2 Å². The Balaban J connectivity index is 2.01. The van der Waals surface area contributed by atoms with Gasteiger partial charge in [-0.2, -0.15) is 0 Å². The van der Waals surface area contributed by atoms with E-state index in [0.29, 0.717) is 16.1 Å². The lowest BCUT2D eigenvalue weighted by Gasteiger charge is -2.09. The monoisotopic (exact) mass is 464 g/mol. The molecule has 0 radical (unpaired) electrons. The standard InChI is InChI=1S/C20H14Cl2N2O5S/c1-2-29-20(26)17-15(11-3-5-12(21)6-4-11)10-30-19(17)23-18(25)14-9-13(24(27)28)7-8-16(14)22/h3-10H,2H2,1H3,(H,23,25). The SMILES string of the molecule is CCOC(=O)c1c(-c2ccc(Cl)cc2)csc1NC(=O)c1cc([N+](=O)[O-])ccc1Cl. The van der Waals surface area contributed by atoms with Crippen LogP contribution < -0.4 is 5.32 Å². The summed E-state index contributed by atoms with van der Waals surface area (Å²) in [7, 11) is 0. The molecule has 0 spiro atoms. The van der Waals surface area contributed by atoms with Crippen LogP contribution in [0, 0.1) is 10.1 Å². The zero-order valence-electron chi connectivity index (χ0n) is 15.5. The molecule has 1 amide bonds. The van der Waals surface area contributed by atoms with Crippen LogP contribution in [0.3, 0.4) is 0 Å². The molecule has 3 aromatic rings. The number of hydrogen-bond acceptors (Lipinski definition) is 6. The molecule has 0 fully saturated rings. The minimum atomic E-state index is -0.682. The number of carbonyl (C=O) groups is 2. The summed E-state index contributed by atoms with van der Waals surface area (Å²) in [5.74, 6) is -1.29. The van der Waals surface area contributed by atoms with E-state index in [2.05, 4.69) is 5.32 Å². The second-order valence-electron chi connectivity index (χ2n) is 5.96. The Morgan fingerprint density at radius 2 is 1.87 bits per heavy atom. The summed E-state index contributed by atoms with van der Waals surface area (Å²) in [6.07, 6.45) is 0. The summed E-state index contributed by atoms with van der Waals surface area (Å²) in [6.45, 7) is 1.83. The van der Waals surface area contributed by atoms with Crippen LogP contribution in [0.5, 0.6) is 0 Å². The molecule has 0 saturated carbocycles. The van der Waals surface area contributed by atoms with E-state index < -0.39 is 16.8 Å². The van der Waals surface area contributed by atoms with E-state index >= 15 is 0 Å². The summed E-state index contributed by atoms with van der Waals surface area (Å²) in [5.41, 5.74) is 1.10. The van der Waals surface area contributed by atoms with Crippen LogP contribution in [0.25, 0.3) is 11.1 Å². The predicted molar refractivity (Wildman–Crippen MR) is 117 cm³/mol. The third kappa shape index (κ3) is 4.62. The normalized spacial score (nSPS) is 10.5. The molecule has 3 rings (SSSR count). The number of nitrogens with zero attached hydrogens (tertiary/aromatic N) is 1. The van der Waals surface area contributed by atoms with Gasteiger partial charge in [0.1, 0.15) is 10.6 Å². The van der Waals surface area contributed by atoms with Crippen molar-refractivity contribution in [3.63, 3.8) is 0 Å². The van der Waals surface area contributed by atoms with Gasteiger partial charge in [-0.05, 0) is 30.7 Å². The summed E-state index contributed by atoms with van der Waals surface area (Å²) in [4.78, 5) is 35.7. The molecular weight excluding hydrogens is 451 g/mol. The van der Waals surface area contributed by atoms with Crippen molar-refractivity contribution >= 4 is 57.1 Å². The lowest BCUT2D eigenvalue weighted by atomic mass is 10.0. The first-order valence-corrected chi connectivity index (χ1v) is 10.2. The van der Waals surface area contributed by atoms with E-state index in [-0.39, 0.29) is 33.4 Å². The van der Waals surface area contributed by atoms with Crippen molar-refractivity contribution in [1.82, 2.24) is 0 Å². The highest BCUT2D eigenvalue weighted by Gasteiger charge is 2.24. The fraction of sp³-hybridized carbons (Fsp3) is 0.100. The maximum absolute atomic E-state index is 12.8. The van der Waals surface area contributed by atoms with Crippen molar-refractivity contribution in [3.8, 4) is 11.1 Å². The van der Waals surface area contributed by atoms with Gasteiger partial charge in [-0.3, -0.25) is 14.9 Å². The van der Waals surface area contributed by atoms with Crippen molar-refractivity contribution in [2.24, 2.45) is 0 Å². The van der Waals surface area contributed by atoms with E-state index in [0.717, 1.165) is 17.4 Å². The van der Waals surface area contributed by atoms with E-state index in [1.165, 1.54) is 12.1 Å². The molecule has 2 aromatic carbocycles. The summed E-state index contributed by atoms with van der Waals surface area (Å²) in [6, 6.07) is 10.4. The number of nitro benzene ring substituents is 1. The quantitative estimate of drug-likeness (QED) is 0.271. The predicted octanol–water partition coefficient (Wildman–Crippen LogP) is 6.06. The fourth-order valence-electron chi connectivity index (χ4n) is 2.67. The highest BCUT2D eigenvalue weighted by molar-refractivity contribution is 7.15. The van der Waals surface area contributed by atoms with Gasteiger partial charge < -0.3 is 10.1 Å². The van der Waals surface area contributed by atoms with Crippen molar-refractivity contribution in [1.29, 1.82) is 0 Å². The van der Waals surface area contributed by atoms with Gasteiger partial charge in [-0.25, -0.2) is 4.79 Å². The third-order valence-electron chi connectivity index (χ3n) is 4.06. The second kappa shape index (κ2) is 9.25. The molecule has 0 bridgehead atoms. The van der Waals surface area contributed by atoms with E-state index in [1.807, 2.05) is 0 Å². The van der Waals surface area contributed by atoms with Gasteiger partial charge in [0, 0.05) is 28.1 Å². The number of esters is 1. The fourth-order valence-corrected chi connectivity index (χ4v) is 3.95. The average Bonchev–Trinajstić information content (AvgIpc) is 3.12. The molecule has 1 aromatic heterocycles. The largest absolute Gasteiger partial charge is 0.462 e. The van der Waals surface area contributed by atoms with Crippen LogP contribution in [0.2, 0.25) is 10.0 Å². The smallest absolute Gasteiger partial charge is 0.341 e. The van der Waals surface area contributed by atoms with Crippen LogP contribution in [-0.2, 0) is 4.74 Å². The van der Waals surface area contributed by atoms with Gasteiger partial charge in [0.25, 0.3) is 11.6 Å². The molecular formula is C20H14Cl2N2O5S. The number of amides is 1. The Labute approximate surface area is 185 Å². The van der Waals surface area contributed by atoms with E-state index in [1.54, 1.807) is 36.6 Å². The summed E-state index contributed by atoms with van der Waals surface area (Å²) in [5, 5.41) is 16.2. The Kier molecular flexibility index (Phi) is 6.71. The topological polar surface area (TPSA) is 98.5 Å². The Hall–Kier alpha value is -2.94. The number of thiophene rings is 1. The van der Waals surface area contributed by atoms with Crippen molar-refractivity contribution in [2.45, 2.75) is 6.92 Å². The maximum Gasteiger partial charge on any atom is 0.341 e. The van der Waals surface area contributed by atoms with Crippen LogP contribution in [0.15, 0.2) is 47.8 Å². The Morgan fingerprint density at radius 3 is 2.50 bits per heavy atom. The second-order valence-corrected chi connectivity index (χ2v) is 7.68. The lowest BCUT2D eigenvalue weighted by Crippen LogP contribution is -2.15. The number of hydrogen-bond donors (Lipinski definition) is 1. The highest BCUT2D eigenvalue weighted by atomic mass is 35.5. The molecule has 0 saturated heterocycles. The maximum atomic E-state index is 12.8. The number of non-ortho nitro benzene ring substituents is 1. The first kappa shape index (κ1) is 21.8. The van der Waals surface area contributed by atoms with Gasteiger partial charge >= 0.3 is 5.97 Å². The average molecular weight is 465 g/mol. The number of carbonyl (C=O) groups excluding carboxylic acids is 2. The van der Waals surface area contributed by atoms with Crippen molar-refractivity contribution in [2.75, 3.05) is 11.9 Å². The van der Waals surface area contributed by atoms with Crippen molar-refractivity contribution in [3.05, 3.63) is 79.1 Å². The minimum Gasteiger partial charge on any atom is -0.462 e. The van der Waals surface area contributed by atoms with E-state index in [9.17, 15) is 19.7 Å². The third-order valence-corrected chi connectivity index (χ3v) is 5.54. The first-order chi connectivity index (χ1) is 14.3. The molecule has 1 heterocycles. The Bertz CT molecular complexity index is 1130. The number of benzene rings is 2. The molecule has 30 heavy (non-hydrogen) atoms. The molecule has 10 heteroatoms. The van der Waals surface area contributed by atoms with Gasteiger partial charge in [-0.15, -0.1) is 11.3 Å². The van der Waals surface area contributed by atoms with Crippen LogP contribution in [0.4, 0.5) is 10.7 Å². The van der Waals surface area contributed by atoms with Gasteiger partial charge in [-0.1, -0.05) is 35.3 Å². The molecule has 154 valence electrons. The number of anilines is 1. The van der Waals surface area contributed by atoms with Gasteiger partial charge in [0.05, 0.1) is 22.1 Å². The number of ether oxygens (including phenoxy) is 1. The molecule has 0 atom stereocenters. The molecule has 0 unspecified atom stereocenters. The molecule has 0 aliphatic heterocycles. The molecule has 1 N–H and O–H groups in total. The Morgan fingerprint density at radius 1 is 1.17 bits per heavy atom. The van der Waals surface area contributed by atoms with Crippen LogP contribution in [0.1, 0.15) is 27.6 Å². The van der Waals surface area contributed by atoms with Crippen LogP contribution in [-0.4, -0.2) is 23.4 Å². The molecule has 0 aliphatic carbocycles. The highest BCUT2D eigenvalue weighted by Crippen LogP contribution is 2.37. The molecule has 7 nitrogen and oxygen atoms in total. The van der Waals surface area contributed by atoms with Gasteiger partial charge in [0.15, 0.2) is 0 Å². The first-order valence-electron chi connectivity index (χ1n) is 8.61. The summed E-state index contributed by atoms with van der Waals surface area (Å²) >= 11 is 13.1. The molecule has 0 aliphatic rings.